The van der Waals surface area contributed by atoms with Crippen molar-refractivity contribution < 1.29 is 23.5 Å². The van der Waals surface area contributed by atoms with E-state index in [2.05, 4.69) is 4.98 Å². The van der Waals surface area contributed by atoms with Gasteiger partial charge in [-0.3, -0.25) is 4.90 Å². The van der Waals surface area contributed by atoms with Crippen molar-refractivity contribution in [3.05, 3.63) is 17.7 Å². The van der Waals surface area contributed by atoms with E-state index in [1.807, 2.05) is 0 Å². The summed E-state index contributed by atoms with van der Waals surface area (Å²) in [5, 5.41) is 0. The van der Waals surface area contributed by atoms with Gasteiger partial charge in [-0.05, 0) is 54.4 Å². The molecule has 0 aromatic carbocycles. The lowest BCUT2D eigenvalue weighted by molar-refractivity contribution is 0.0211. The van der Waals surface area contributed by atoms with Crippen LogP contribution in [0, 0.1) is 0 Å². The summed E-state index contributed by atoms with van der Waals surface area (Å²) in [5.74, 6) is 0.839. The van der Waals surface area contributed by atoms with Gasteiger partial charge in [0.05, 0.1) is 25.0 Å². The Bertz CT molecular complexity index is 684. The fraction of sp³-hybridized carbons (Fsp3) is 0.737. The highest BCUT2D eigenvalue weighted by atomic mass is 19.1. The minimum absolute atomic E-state index is 0.0117. The molecule has 0 saturated heterocycles. The number of alkyl halides is 1. The molecule has 2 rings (SSSR count). The molecule has 0 unspecified atom stereocenters. The smallest absolute Gasteiger partial charge is 0.420 e. The third-order valence-electron chi connectivity index (χ3n) is 3.74. The van der Waals surface area contributed by atoms with Gasteiger partial charge in [0.15, 0.2) is 0 Å². The highest BCUT2D eigenvalue weighted by Gasteiger charge is 2.34. The standard InChI is InChI=1S/C19H30FN3O4/c1-18(2,3)26-16(24)22(10-9-20)12-14-11-21-15(13-7-8-13)23(14)17(25)27-19(4,5)6/h11,13H,7-10,12H2,1-6H3. The Hall–Kier alpha value is -2.12. The van der Waals surface area contributed by atoms with Crippen LogP contribution in [0.1, 0.15) is 71.8 Å². The van der Waals surface area contributed by atoms with Gasteiger partial charge in [0, 0.05) is 5.92 Å². The third kappa shape index (κ3) is 6.22. The number of ether oxygens (including phenoxy) is 2. The molecular weight excluding hydrogens is 353 g/mol. The van der Waals surface area contributed by atoms with Gasteiger partial charge in [0.1, 0.15) is 23.7 Å². The maximum Gasteiger partial charge on any atom is 0.420 e. The SMILES string of the molecule is CC(C)(C)OC(=O)N(CCF)Cc1cnc(C2CC2)n1C(=O)OC(C)(C)C. The predicted molar refractivity (Wildman–Crippen MR) is 98.5 cm³/mol. The van der Waals surface area contributed by atoms with E-state index in [-0.39, 0.29) is 19.0 Å². The number of hydrogen-bond donors (Lipinski definition) is 0. The van der Waals surface area contributed by atoms with E-state index in [1.54, 1.807) is 47.7 Å². The van der Waals surface area contributed by atoms with Crippen LogP contribution in [-0.2, 0) is 16.0 Å². The normalized spacial score (nSPS) is 14.8. The molecule has 27 heavy (non-hydrogen) atoms. The first kappa shape index (κ1) is 21.2. The number of aromatic nitrogens is 2. The predicted octanol–water partition coefficient (Wildman–Crippen LogP) is 4.25. The van der Waals surface area contributed by atoms with Crippen molar-refractivity contribution in [1.29, 1.82) is 0 Å². The second-order valence-corrected chi connectivity index (χ2v) is 8.79. The summed E-state index contributed by atoms with van der Waals surface area (Å²) < 4.78 is 25.3. The Morgan fingerprint density at radius 3 is 2.26 bits per heavy atom. The minimum Gasteiger partial charge on any atom is -0.444 e. The first-order chi connectivity index (χ1) is 12.4. The second-order valence-electron chi connectivity index (χ2n) is 8.79. The Balaban J connectivity index is 2.27. The highest BCUT2D eigenvalue weighted by molar-refractivity contribution is 5.73. The van der Waals surface area contributed by atoms with E-state index in [1.165, 1.54) is 9.47 Å². The van der Waals surface area contributed by atoms with Gasteiger partial charge in [0.25, 0.3) is 0 Å². The lowest BCUT2D eigenvalue weighted by Gasteiger charge is -2.27. The van der Waals surface area contributed by atoms with Crippen molar-refractivity contribution in [3.63, 3.8) is 0 Å². The molecule has 0 atom stereocenters. The third-order valence-corrected chi connectivity index (χ3v) is 3.74. The van der Waals surface area contributed by atoms with Crippen LogP contribution in [-0.4, -0.2) is 51.1 Å². The van der Waals surface area contributed by atoms with Gasteiger partial charge in [-0.1, -0.05) is 0 Å². The zero-order chi connectivity index (χ0) is 20.4. The molecule has 1 fully saturated rings. The fourth-order valence-corrected chi connectivity index (χ4v) is 2.52. The molecule has 8 heteroatoms. The molecule has 1 heterocycles. The maximum absolute atomic E-state index is 13.0. The molecule has 1 saturated carbocycles. The van der Waals surface area contributed by atoms with Gasteiger partial charge >= 0.3 is 12.2 Å². The van der Waals surface area contributed by atoms with Crippen LogP contribution < -0.4 is 0 Å². The summed E-state index contributed by atoms with van der Waals surface area (Å²) in [4.78, 5) is 30.7. The van der Waals surface area contributed by atoms with Crippen LogP contribution in [0.3, 0.4) is 0 Å². The number of amides is 1. The van der Waals surface area contributed by atoms with Gasteiger partial charge in [-0.25, -0.2) is 23.5 Å². The molecule has 7 nitrogen and oxygen atoms in total. The van der Waals surface area contributed by atoms with Gasteiger partial charge < -0.3 is 9.47 Å². The number of halogens is 1. The number of hydrogen-bond acceptors (Lipinski definition) is 5. The van der Waals surface area contributed by atoms with E-state index in [9.17, 15) is 14.0 Å². The van der Waals surface area contributed by atoms with Crippen molar-refractivity contribution >= 4 is 12.2 Å². The molecule has 1 amide bonds. The maximum atomic E-state index is 13.0. The number of nitrogens with zero attached hydrogens (tertiary/aromatic N) is 3. The quantitative estimate of drug-likeness (QED) is 0.760. The minimum atomic E-state index is -0.713. The number of rotatable bonds is 5. The van der Waals surface area contributed by atoms with E-state index in [0.717, 1.165) is 12.8 Å². The molecule has 1 aliphatic carbocycles. The topological polar surface area (TPSA) is 73.7 Å². The average Bonchev–Trinajstić information content (AvgIpc) is 3.24. The molecule has 1 aliphatic rings. The Morgan fingerprint density at radius 1 is 1.19 bits per heavy atom. The van der Waals surface area contributed by atoms with Crippen LogP contribution >= 0.6 is 0 Å². The van der Waals surface area contributed by atoms with Crippen molar-refractivity contribution in [1.82, 2.24) is 14.5 Å². The van der Waals surface area contributed by atoms with Crippen molar-refractivity contribution in [2.24, 2.45) is 0 Å². The largest absolute Gasteiger partial charge is 0.444 e. The molecule has 0 aliphatic heterocycles. The van der Waals surface area contributed by atoms with Gasteiger partial charge in [-0.15, -0.1) is 0 Å². The van der Waals surface area contributed by atoms with Crippen LogP contribution in [0.2, 0.25) is 0 Å². The fourth-order valence-electron chi connectivity index (χ4n) is 2.52. The molecule has 1 aromatic heterocycles. The first-order valence-corrected chi connectivity index (χ1v) is 9.25. The Labute approximate surface area is 159 Å². The summed E-state index contributed by atoms with van der Waals surface area (Å²) in [5.41, 5.74) is -0.884. The van der Waals surface area contributed by atoms with Crippen molar-refractivity contribution in [2.45, 2.75) is 78.0 Å². The van der Waals surface area contributed by atoms with Crippen molar-refractivity contribution in [2.75, 3.05) is 13.2 Å². The van der Waals surface area contributed by atoms with E-state index in [0.29, 0.717) is 11.5 Å². The van der Waals surface area contributed by atoms with Gasteiger partial charge in [-0.2, -0.15) is 0 Å². The molecular formula is C19H30FN3O4. The number of carbonyl (C=O) groups is 2. The van der Waals surface area contributed by atoms with Crippen LogP contribution in [0.5, 0.6) is 0 Å². The Kier molecular flexibility index (Phi) is 6.17. The highest BCUT2D eigenvalue weighted by Crippen LogP contribution is 2.39. The Morgan fingerprint density at radius 2 is 1.78 bits per heavy atom. The average molecular weight is 383 g/mol. The zero-order valence-electron chi connectivity index (χ0n) is 17.0. The van der Waals surface area contributed by atoms with Crippen LogP contribution in [0.25, 0.3) is 0 Å². The molecule has 0 bridgehead atoms. The summed E-state index contributed by atoms with van der Waals surface area (Å²) in [6.45, 7) is 9.76. The number of carbonyl (C=O) groups excluding carboxylic acids is 2. The molecule has 0 radical (unpaired) electrons. The zero-order valence-corrected chi connectivity index (χ0v) is 17.0. The van der Waals surface area contributed by atoms with E-state index in [4.69, 9.17) is 9.47 Å². The van der Waals surface area contributed by atoms with E-state index < -0.39 is 30.1 Å². The van der Waals surface area contributed by atoms with Crippen LogP contribution in [0.15, 0.2) is 6.20 Å². The molecule has 1 aromatic rings. The lowest BCUT2D eigenvalue weighted by Crippen LogP contribution is -2.38. The number of imidazole rings is 1. The molecule has 0 spiro atoms. The second kappa shape index (κ2) is 7.86. The first-order valence-electron chi connectivity index (χ1n) is 9.25. The molecule has 0 N–H and O–H groups in total. The van der Waals surface area contributed by atoms with E-state index >= 15 is 0 Å². The lowest BCUT2D eigenvalue weighted by atomic mass is 10.2. The molecule has 152 valence electrons. The monoisotopic (exact) mass is 383 g/mol. The van der Waals surface area contributed by atoms with Gasteiger partial charge in [0.2, 0.25) is 0 Å². The summed E-state index contributed by atoms with van der Waals surface area (Å²) in [6.07, 6.45) is 2.29. The van der Waals surface area contributed by atoms with Crippen molar-refractivity contribution in [3.8, 4) is 0 Å². The summed E-state index contributed by atoms with van der Waals surface area (Å²) in [6, 6.07) is 0. The summed E-state index contributed by atoms with van der Waals surface area (Å²) >= 11 is 0. The summed E-state index contributed by atoms with van der Waals surface area (Å²) in [7, 11) is 0. The van der Waals surface area contributed by atoms with Crippen LogP contribution in [0.4, 0.5) is 14.0 Å².